The standard InChI is InChI=1S/C14H14F3N3O/c1-21-11-5-3-2-4-9(11)10-8-12(14(15,16)17)20-13(19-10)6-7-18-20/h2-7,10,12,19H,8H2,1H3/t10-,12+/m0/s1. The van der Waals surface area contributed by atoms with Gasteiger partial charge in [0, 0.05) is 18.1 Å². The number of aromatic nitrogens is 2. The number of benzene rings is 1. The molecule has 4 nitrogen and oxygen atoms in total. The average Bonchev–Trinajstić information content (AvgIpc) is 2.93. The van der Waals surface area contributed by atoms with Gasteiger partial charge in [-0.3, -0.25) is 0 Å². The number of halogens is 3. The largest absolute Gasteiger partial charge is 0.496 e. The minimum Gasteiger partial charge on any atom is -0.496 e. The molecule has 2 heterocycles. The van der Waals surface area contributed by atoms with Crippen molar-refractivity contribution in [2.75, 3.05) is 12.4 Å². The van der Waals surface area contributed by atoms with Gasteiger partial charge in [-0.2, -0.15) is 18.3 Å². The van der Waals surface area contributed by atoms with E-state index >= 15 is 0 Å². The lowest BCUT2D eigenvalue weighted by Crippen LogP contribution is -2.35. The van der Waals surface area contributed by atoms with Crippen molar-refractivity contribution in [1.82, 2.24) is 9.78 Å². The van der Waals surface area contributed by atoms with E-state index in [1.54, 1.807) is 30.3 Å². The Morgan fingerprint density at radius 3 is 2.76 bits per heavy atom. The molecule has 0 bridgehead atoms. The van der Waals surface area contributed by atoms with Crippen LogP contribution in [0, 0.1) is 0 Å². The fourth-order valence-corrected chi connectivity index (χ4v) is 2.67. The Labute approximate surface area is 119 Å². The van der Waals surface area contributed by atoms with Crippen LogP contribution in [0.2, 0.25) is 0 Å². The molecule has 0 saturated carbocycles. The topological polar surface area (TPSA) is 39.1 Å². The molecule has 1 aromatic carbocycles. The number of hydrogen-bond acceptors (Lipinski definition) is 3. The lowest BCUT2D eigenvalue weighted by molar-refractivity contribution is -0.173. The minimum atomic E-state index is -4.34. The molecule has 0 saturated heterocycles. The number of methoxy groups -OCH3 is 1. The Bertz CT molecular complexity index is 638. The number of nitrogens with zero attached hydrogens (tertiary/aromatic N) is 2. The van der Waals surface area contributed by atoms with Gasteiger partial charge in [0.15, 0.2) is 6.04 Å². The third-order valence-corrected chi connectivity index (χ3v) is 3.64. The Morgan fingerprint density at radius 2 is 2.05 bits per heavy atom. The van der Waals surface area contributed by atoms with Gasteiger partial charge >= 0.3 is 6.18 Å². The van der Waals surface area contributed by atoms with Gasteiger partial charge in [0.1, 0.15) is 11.6 Å². The van der Waals surface area contributed by atoms with E-state index < -0.39 is 18.3 Å². The number of nitrogens with one attached hydrogen (secondary N) is 1. The predicted octanol–water partition coefficient (Wildman–Crippen LogP) is 3.55. The molecule has 7 heteroatoms. The van der Waals surface area contributed by atoms with E-state index in [1.807, 2.05) is 0 Å². The molecule has 1 N–H and O–H groups in total. The molecule has 0 aliphatic carbocycles. The van der Waals surface area contributed by atoms with E-state index in [9.17, 15) is 13.2 Å². The van der Waals surface area contributed by atoms with E-state index in [-0.39, 0.29) is 6.42 Å². The van der Waals surface area contributed by atoms with E-state index in [4.69, 9.17) is 4.74 Å². The monoisotopic (exact) mass is 297 g/mol. The summed E-state index contributed by atoms with van der Waals surface area (Å²) < 4.78 is 46.0. The highest BCUT2D eigenvalue weighted by molar-refractivity contribution is 5.45. The molecule has 21 heavy (non-hydrogen) atoms. The highest BCUT2D eigenvalue weighted by atomic mass is 19.4. The smallest absolute Gasteiger partial charge is 0.410 e. The summed E-state index contributed by atoms with van der Waals surface area (Å²) in [7, 11) is 1.51. The second-order valence-corrected chi connectivity index (χ2v) is 4.89. The zero-order valence-corrected chi connectivity index (χ0v) is 11.3. The van der Waals surface area contributed by atoms with Crippen molar-refractivity contribution in [1.29, 1.82) is 0 Å². The summed E-state index contributed by atoms with van der Waals surface area (Å²) >= 11 is 0. The molecule has 0 spiro atoms. The van der Waals surface area contributed by atoms with Crippen LogP contribution < -0.4 is 10.1 Å². The Balaban J connectivity index is 2.00. The normalized spacial score (nSPS) is 21.5. The van der Waals surface area contributed by atoms with Crippen molar-refractivity contribution in [3.63, 3.8) is 0 Å². The number of anilines is 1. The maximum Gasteiger partial charge on any atom is 0.410 e. The number of para-hydroxylation sites is 1. The van der Waals surface area contributed by atoms with Crippen LogP contribution in [-0.2, 0) is 0 Å². The van der Waals surface area contributed by atoms with Crippen LogP contribution in [0.3, 0.4) is 0 Å². The second-order valence-electron chi connectivity index (χ2n) is 4.89. The summed E-state index contributed by atoms with van der Waals surface area (Å²) in [6.07, 6.45) is -3.10. The molecular weight excluding hydrogens is 283 g/mol. The zero-order chi connectivity index (χ0) is 15.0. The van der Waals surface area contributed by atoms with Gasteiger partial charge in [-0.1, -0.05) is 18.2 Å². The first-order valence-corrected chi connectivity index (χ1v) is 6.50. The van der Waals surface area contributed by atoms with Gasteiger partial charge in [-0.15, -0.1) is 0 Å². The average molecular weight is 297 g/mol. The third kappa shape index (κ3) is 2.43. The van der Waals surface area contributed by atoms with Gasteiger partial charge in [-0.25, -0.2) is 4.68 Å². The van der Waals surface area contributed by atoms with Crippen LogP contribution in [-0.4, -0.2) is 23.1 Å². The molecule has 0 amide bonds. The highest BCUT2D eigenvalue weighted by Crippen LogP contribution is 2.44. The summed E-state index contributed by atoms with van der Waals surface area (Å²) in [6.45, 7) is 0. The van der Waals surface area contributed by atoms with Gasteiger partial charge in [-0.05, 0) is 6.07 Å². The van der Waals surface area contributed by atoms with Gasteiger partial charge < -0.3 is 10.1 Å². The molecule has 3 rings (SSSR count). The van der Waals surface area contributed by atoms with Crippen molar-refractivity contribution >= 4 is 5.82 Å². The summed E-state index contributed by atoms with van der Waals surface area (Å²) in [5.74, 6) is 0.934. The fraction of sp³-hybridized carbons (Fsp3) is 0.357. The molecule has 0 unspecified atom stereocenters. The first-order chi connectivity index (χ1) is 10.0. The molecule has 2 atom stereocenters. The van der Waals surface area contributed by atoms with E-state index in [0.29, 0.717) is 17.1 Å². The van der Waals surface area contributed by atoms with E-state index in [2.05, 4.69) is 10.4 Å². The van der Waals surface area contributed by atoms with Gasteiger partial charge in [0.25, 0.3) is 0 Å². The van der Waals surface area contributed by atoms with Gasteiger partial charge in [0.2, 0.25) is 0 Å². The van der Waals surface area contributed by atoms with Crippen molar-refractivity contribution in [2.24, 2.45) is 0 Å². The quantitative estimate of drug-likeness (QED) is 0.921. The Morgan fingerprint density at radius 1 is 1.29 bits per heavy atom. The predicted molar refractivity (Wildman–Crippen MR) is 71.3 cm³/mol. The fourth-order valence-electron chi connectivity index (χ4n) is 2.67. The molecule has 1 aromatic heterocycles. The van der Waals surface area contributed by atoms with Crippen LogP contribution in [0.25, 0.3) is 0 Å². The first-order valence-electron chi connectivity index (χ1n) is 6.50. The SMILES string of the molecule is COc1ccccc1[C@@H]1C[C@H](C(F)(F)F)n2nccc2N1. The Kier molecular flexibility index (Phi) is 3.27. The molecule has 1 aliphatic heterocycles. The Hall–Kier alpha value is -2.18. The van der Waals surface area contributed by atoms with E-state index in [1.165, 1.54) is 13.3 Å². The van der Waals surface area contributed by atoms with Gasteiger partial charge in [0.05, 0.1) is 19.3 Å². The summed E-state index contributed by atoms with van der Waals surface area (Å²) in [5.41, 5.74) is 0.710. The summed E-state index contributed by atoms with van der Waals surface area (Å²) in [6, 6.07) is 6.52. The van der Waals surface area contributed by atoms with Crippen molar-refractivity contribution in [2.45, 2.75) is 24.7 Å². The number of ether oxygens (including phenoxy) is 1. The first kappa shape index (κ1) is 13.8. The molecule has 112 valence electrons. The minimum absolute atomic E-state index is 0.126. The number of alkyl halides is 3. The summed E-state index contributed by atoms with van der Waals surface area (Å²) in [4.78, 5) is 0. The number of hydrogen-bond donors (Lipinski definition) is 1. The number of fused-ring (bicyclic) bond motifs is 1. The molecule has 0 fully saturated rings. The third-order valence-electron chi connectivity index (χ3n) is 3.64. The van der Waals surface area contributed by atoms with Crippen LogP contribution in [0.15, 0.2) is 36.5 Å². The number of rotatable bonds is 2. The molecule has 1 aliphatic rings. The highest BCUT2D eigenvalue weighted by Gasteiger charge is 2.46. The maximum atomic E-state index is 13.2. The van der Waals surface area contributed by atoms with Crippen molar-refractivity contribution < 1.29 is 17.9 Å². The van der Waals surface area contributed by atoms with Crippen LogP contribution in [0.5, 0.6) is 5.75 Å². The lowest BCUT2D eigenvalue weighted by Gasteiger charge is -2.34. The van der Waals surface area contributed by atoms with Crippen LogP contribution >= 0.6 is 0 Å². The zero-order valence-electron chi connectivity index (χ0n) is 11.3. The molecule has 0 radical (unpaired) electrons. The second kappa shape index (κ2) is 4.98. The maximum absolute atomic E-state index is 13.2. The molecule has 2 aromatic rings. The van der Waals surface area contributed by atoms with E-state index in [0.717, 1.165) is 4.68 Å². The van der Waals surface area contributed by atoms with Crippen molar-refractivity contribution in [3.8, 4) is 5.75 Å². The van der Waals surface area contributed by atoms with Crippen LogP contribution in [0.4, 0.5) is 19.0 Å². The van der Waals surface area contributed by atoms with Crippen LogP contribution in [0.1, 0.15) is 24.1 Å². The lowest BCUT2D eigenvalue weighted by atomic mass is 9.96. The molecular formula is C14H14F3N3O. The summed E-state index contributed by atoms with van der Waals surface area (Å²) in [5, 5.41) is 6.87. The van der Waals surface area contributed by atoms with Crippen molar-refractivity contribution in [3.05, 3.63) is 42.1 Å².